The van der Waals surface area contributed by atoms with Crippen molar-refractivity contribution < 1.29 is 0 Å². The van der Waals surface area contributed by atoms with E-state index in [0.717, 1.165) is 17.0 Å². The molecule has 3 rings (SSSR count). The Balaban J connectivity index is 2.11. The molecule has 2 aromatic rings. The maximum Gasteiger partial charge on any atom is 0.152 e. The summed E-state index contributed by atoms with van der Waals surface area (Å²) in [5.74, 6) is 0.954. The topological polar surface area (TPSA) is 42.2 Å². The third-order valence-corrected chi connectivity index (χ3v) is 2.43. The number of rotatable bonds is 2. The summed E-state index contributed by atoms with van der Waals surface area (Å²) in [6.45, 7) is 1.99. The average molecular weight is 188 g/mol. The monoisotopic (exact) mass is 188 g/mol. The Morgan fingerprint density at radius 2 is 2.36 bits per heavy atom. The number of aryl methyl sites for hydroxylation is 1. The minimum absolute atomic E-state index is 0.629. The van der Waals surface area contributed by atoms with Gasteiger partial charge in [0, 0.05) is 18.4 Å². The number of hydrogen-bond donors (Lipinski definition) is 1. The van der Waals surface area contributed by atoms with Gasteiger partial charge in [-0.05, 0) is 25.8 Å². The zero-order valence-electron chi connectivity index (χ0n) is 8.07. The Morgan fingerprint density at radius 1 is 1.50 bits per heavy atom. The van der Waals surface area contributed by atoms with Crippen LogP contribution in [-0.2, 0) is 0 Å². The third kappa shape index (κ3) is 1.23. The van der Waals surface area contributed by atoms with Crippen molar-refractivity contribution >= 4 is 11.3 Å². The molecule has 0 atom stereocenters. The van der Waals surface area contributed by atoms with E-state index in [4.69, 9.17) is 0 Å². The maximum atomic E-state index is 4.34. The van der Waals surface area contributed by atoms with Gasteiger partial charge in [-0.15, -0.1) is 0 Å². The Morgan fingerprint density at radius 3 is 3.14 bits per heavy atom. The standard InChI is InChI=1S/C10H12N4/c1-7-6-9-10(12-8-2-3-8)11-4-5-14(9)13-7/h4-6,8H,2-3H2,1H3,(H,11,12). The van der Waals surface area contributed by atoms with E-state index >= 15 is 0 Å². The number of nitrogens with zero attached hydrogens (tertiary/aromatic N) is 3. The summed E-state index contributed by atoms with van der Waals surface area (Å²) in [7, 11) is 0. The van der Waals surface area contributed by atoms with Crippen molar-refractivity contribution in [3.8, 4) is 0 Å². The second-order valence-corrected chi connectivity index (χ2v) is 3.81. The number of aromatic nitrogens is 3. The number of hydrogen-bond acceptors (Lipinski definition) is 3. The van der Waals surface area contributed by atoms with Crippen molar-refractivity contribution in [1.82, 2.24) is 14.6 Å². The molecule has 0 unspecified atom stereocenters. The van der Waals surface area contributed by atoms with E-state index in [1.165, 1.54) is 12.8 Å². The van der Waals surface area contributed by atoms with Gasteiger partial charge in [0.05, 0.1) is 5.69 Å². The quantitative estimate of drug-likeness (QED) is 0.778. The summed E-state index contributed by atoms with van der Waals surface area (Å²) in [5.41, 5.74) is 2.09. The van der Waals surface area contributed by atoms with Crippen molar-refractivity contribution in [2.45, 2.75) is 25.8 Å². The number of nitrogens with one attached hydrogen (secondary N) is 1. The lowest BCUT2D eigenvalue weighted by atomic mass is 10.4. The van der Waals surface area contributed by atoms with Crippen LogP contribution in [0, 0.1) is 6.92 Å². The largest absolute Gasteiger partial charge is 0.366 e. The summed E-state index contributed by atoms with van der Waals surface area (Å²) in [6.07, 6.45) is 6.18. The van der Waals surface area contributed by atoms with Crippen LogP contribution in [-0.4, -0.2) is 20.6 Å². The molecule has 0 aromatic carbocycles. The van der Waals surface area contributed by atoms with E-state index in [1.54, 1.807) is 6.20 Å². The van der Waals surface area contributed by atoms with Gasteiger partial charge in [0.1, 0.15) is 5.52 Å². The summed E-state index contributed by atoms with van der Waals surface area (Å²) >= 11 is 0. The van der Waals surface area contributed by atoms with E-state index in [1.807, 2.05) is 17.6 Å². The van der Waals surface area contributed by atoms with Gasteiger partial charge < -0.3 is 5.32 Å². The Labute approximate surface area is 82.0 Å². The van der Waals surface area contributed by atoms with Gasteiger partial charge >= 0.3 is 0 Å². The molecule has 0 aliphatic heterocycles. The molecule has 14 heavy (non-hydrogen) atoms. The summed E-state index contributed by atoms with van der Waals surface area (Å²) in [5, 5.41) is 7.74. The molecule has 0 radical (unpaired) electrons. The molecule has 0 spiro atoms. The Bertz CT molecular complexity index is 470. The smallest absolute Gasteiger partial charge is 0.152 e. The highest BCUT2D eigenvalue weighted by molar-refractivity contribution is 5.68. The predicted molar refractivity (Wildman–Crippen MR) is 54.4 cm³/mol. The molecule has 1 aliphatic carbocycles. The van der Waals surface area contributed by atoms with Gasteiger partial charge in [-0.3, -0.25) is 0 Å². The highest BCUT2D eigenvalue weighted by atomic mass is 15.2. The zero-order chi connectivity index (χ0) is 9.54. The molecule has 4 heteroatoms. The average Bonchev–Trinajstić information content (AvgIpc) is 2.87. The van der Waals surface area contributed by atoms with Crippen LogP contribution in [0.4, 0.5) is 5.82 Å². The van der Waals surface area contributed by atoms with E-state index in [0.29, 0.717) is 6.04 Å². The molecule has 0 saturated heterocycles. The van der Waals surface area contributed by atoms with E-state index in [-0.39, 0.29) is 0 Å². The molecule has 2 heterocycles. The minimum atomic E-state index is 0.629. The molecule has 1 N–H and O–H groups in total. The van der Waals surface area contributed by atoms with Crippen LogP contribution in [0.5, 0.6) is 0 Å². The fraction of sp³-hybridized carbons (Fsp3) is 0.400. The zero-order valence-corrected chi connectivity index (χ0v) is 8.07. The molecular weight excluding hydrogens is 176 g/mol. The Hall–Kier alpha value is -1.58. The number of fused-ring (bicyclic) bond motifs is 1. The van der Waals surface area contributed by atoms with Gasteiger partial charge in [-0.1, -0.05) is 0 Å². The van der Waals surface area contributed by atoms with Crippen LogP contribution in [0.3, 0.4) is 0 Å². The van der Waals surface area contributed by atoms with Crippen LogP contribution in [0.25, 0.3) is 5.52 Å². The molecule has 1 aliphatic rings. The van der Waals surface area contributed by atoms with E-state index < -0.39 is 0 Å². The molecule has 1 saturated carbocycles. The lowest BCUT2D eigenvalue weighted by Gasteiger charge is -2.03. The molecule has 2 aromatic heterocycles. The highest BCUT2D eigenvalue weighted by Gasteiger charge is 2.22. The Kier molecular flexibility index (Phi) is 1.50. The lowest BCUT2D eigenvalue weighted by Crippen LogP contribution is -2.04. The van der Waals surface area contributed by atoms with Gasteiger partial charge in [0.15, 0.2) is 5.82 Å². The van der Waals surface area contributed by atoms with Crippen LogP contribution in [0.2, 0.25) is 0 Å². The van der Waals surface area contributed by atoms with Crippen molar-refractivity contribution in [2.24, 2.45) is 0 Å². The van der Waals surface area contributed by atoms with Crippen molar-refractivity contribution in [1.29, 1.82) is 0 Å². The van der Waals surface area contributed by atoms with E-state index in [9.17, 15) is 0 Å². The van der Waals surface area contributed by atoms with E-state index in [2.05, 4.69) is 21.5 Å². The second-order valence-electron chi connectivity index (χ2n) is 3.81. The van der Waals surface area contributed by atoms with Crippen molar-refractivity contribution in [3.63, 3.8) is 0 Å². The third-order valence-electron chi connectivity index (χ3n) is 2.43. The first-order chi connectivity index (χ1) is 6.83. The van der Waals surface area contributed by atoms with Crippen molar-refractivity contribution in [3.05, 3.63) is 24.2 Å². The molecule has 0 bridgehead atoms. The molecule has 4 nitrogen and oxygen atoms in total. The minimum Gasteiger partial charge on any atom is -0.366 e. The first-order valence-corrected chi connectivity index (χ1v) is 4.90. The SMILES string of the molecule is Cc1cc2c(NC3CC3)nccn2n1. The van der Waals surface area contributed by atoms with Crippen LogP contribution in [0.1, 0.15) is 18.5 Å². The number of anilines is 1. The fourth-order valence-electron chi connectivity index (χ4n) is 1.58. The van der Waals surface area contributed by atoms with Gasteiger partial charge in [0.2, 0.25) is 0 Å². The van der Waals surface area contributed by atoms with Crippen LogP contribution < -0.4 is 5.32 Å². The highest BCUT2D eigenvalue weighted by Crippen LogP contribution is 2.25. The van der Waals surface area contributed by atoms with Gasteiger partial charge in [0.25, 0.3) is 0 Å². The first-order valence-electron chi connectivity index (χ1n) is 4.90. The van der Waals surface area contributed by atoms with Crippen molar-refractivity contribution in [2.75, 3.05) is 5.32 Å². The summed E-state index contributed by atoms with van der Waals surface area (Å²) in [6, 6.07) is 2.68. The van der Waals surface area contributed by atoms with Gasteiger partial charge in [-0.2, -0.15) is 5.10 Å². The molecule has 0 amide bonds. The van der Waals surface area contributed by atoms with Crippen LogP contribution in [0.15, 0.2) is 18.5 Å². The molecular formula is C10H12N4. The normalized spacial score (nSPS) is 16.1. The molecule has 72 valence electrons. The lowest BCUT2D eigenvalue weighted by molar-refractivity contribution is 0.920. The summed E-state index contributed by atoms with van der Waals surface area (Å²) < 4.78 is 1.87. The molecule has 1 fully saturated rings. The van der Waals surface area contributed by atoms with Gasteiger partial charge in [-0.25, -0.2) is 9.50 Å². The predicted octanol–water partition coefficient (Wildman–Crippen LogP) is 1.61. The first kappa shape index (κ1) is 7.79. The summed E-state index contributed by atoms with van der Waals surface area (Å²) in [4.78, 5) is 4.33. The second kappa shape index (κ2) is 2.70. The maximum absolute atomic E-state index is 4.34. The fourth-order valence-corrected chi connectivity index (χ4v) is 1.58. The van der Waals surface area contributed by atoms with Crippen LogP contribution >= 0.6 is 0 Å².